The molecule has 0 saturated carbocycles. The van der Waals surface area contributed by atoms with Crippen molar-refractivity contribution in [3.63, 3.8) is 0 Å². The first kappa shape index (κ1) is 16.4. The van der Waals surface area contributed by atoms with Crippen LogP contribution in [0.2, 0.25) is 0 Å². The first-order valence-corrected chi connectivity index (χ1v) is 5.53. The molecule has 0 fully saturated rings. The number of amides is 1. The van der Waals surface area contributed by atoms with E-state index in [-0.39, 0.29) is 6.42 Å². The number of rotatable bonds is 6. The largest absolute Gasteiger partial charge is 0.481 e. The smallest absolute Gasteiger partial charge is 0.322 e. The summed E-state index contributed by atoms with van der Waals surface area (Å²) in [6.07, 6.45) is -0.0374. The quantitative estimate of drug-likeness (QED) is 0.516. The van der Waals surface area contributed by atoms with Crippen molar-refractivity contribution in [3.8, 4) is 0 Å². The van der Waals surface area contributed by atoms with Crippen molar-refractivity contribution in [2.24, 2.45) is 17.1 Å². The second-order valence-electron chi connectivity index (χ2n) is 5.21. The molecule has 0 aliphatic carbocycles. The molecule has 0 radical (unpaired) electrons. The van der Waals surface area contributed by atoms with Crippen LogP contribution >= 0.6 is 0 Å². The predicted molar refractivity (Wildman–Crippen MR) is 63.8 cm³/mol. The molecule has 2 atom stereocenters. The second-order valence-corrected chi connectivity index (χ2v) is 5.21. The first-order valence-electron chi connectivity index (χ1n) is 5.53. The summed E-state index contributed by atoms with van der Waals surface area (Å²) in [4.78, 5) is 32.8. The van der Waals surface area contributed by atoms with Gasteiger partial charge in [0, 0.05) is 0 Å². The average molecular weight is 260 g/mol. The van der Waals surface area contributed by atoms with Crippen molar-refractivity contribution in [1.82, 2.24) is 5.32 Å². The highest BCUT2D eigenvalue weighted by molar-refractivity contribution is 5.85. The fourth-order valence-electron chi connectivity index (χ4n) is 1.48. The number of hydrogen-bond donors (Lipinski definition) is 4. The predicted octanol–water partition coefficient (Wildman–Crippen LogP) is -0.348. The van der Waals surface area contributed by atoms with Crippen LogP contribution in [0, 0.1) is 11.3 Å². The minimum atomic E-state index is -1.18. The van der Waals surface area contributed by atoms with Gasteiger partial charge in [0.15, 0.2) is 0 Å². The molecule has 0 rings (SSSR count). The van der Waals surface area contributed by atoms with Gasteiger partial charge < -0.3 is 21.3 Å². The monoisotopic (exact) mass is 260 g/mol. The molecule has 1 unspecified atom stereocenters. The summed E-state index contributed by atoms with van der Waals surface area (Å²) in [7, 11) is 0. The van der Waals surface area contributed by atoms with Gasteiger partial charge in [-0.25, -0.2) is 0 Å². The van der Waals surface area contributed by atoms with Crippen LogP contribution in [-0.4, -0.2) is 40.6 Å². The maximum Gasteiger partial charge on any atom is 0.322 e. The van der Waals surface area contributed by atoms with E-state index in [0.717, 1.165) is 0 Å². The lowest BCUT2D eigenvalue weighted by atomic mass is 9.77. The molecular formula is C11H20N2O5. The molecule has 0 heterocycles. The molecule has 0 aromatic heterocycles. The van der Waals surface area contributed by atoms with Gasteiger partial charge in [-0.2, -0.15) is 0 Å². The Labute approximate surface area is 105 Å². The zero-order valence-corrected chi connectivity index (χ0v) is 10.8. The van der Waals surface area contributed by atoms with Crippen LogP contribution in [-0.2, 0) is 14.4 Å². The first-order chi connectivity index (χ1) is 8.05. The number of hydrogen-bond acceptors (Lipinski definition) is 4. The third-order valence-electron chi connectivity index (χ3n) is 2.58. The molecule has 0 saturated heterocycles. The number of nitrogens with two attached hydrogens (primary N) is 1. The lowest BCUT2D eigenvalue weighted by Gasteiger charge is -2.28. The van der Waals surface area contributed by atoms with E-state index in [9.17, 15) is 14.4 Å². The molecule has 0 aromatic rings. The zero-order chi connectivity index (χ0) is 14.5. The molecule has 7 nitrogen and oxygen atoms in total. The van der Waals surface area contributed by atoms with E-state index >= 15 is 0 Å². The fraction of sp³-hybridized carbons (Fsp3) is 0.727. The van der Waals surface area contributed by atoms with Crippen molar-refractivity contribution in [2.75, 3.05) is 6.54 Å². The average Bonchev–Trinajstić information content (AvgIpc) is 2.19. The number of carboxylic acids is 2. The maximum atomic E-state index is 11.4. The van der Waals surface area contributed by atoms with Crippen molar-refractivity contribution >= 4 is 17.8 Å². The minimum absolute atomic E-state index is 0.0374. The summed E-state index contributed by atoms with van der Waals surface area (Å²) in [5.41, 5.74) is 5.04. The zero-order valence-electron chi connectivity index (χ0n) is 10.8. The van der Waals surface area contributed by atoms with Gasteiger partial charge in [-0.05, 0) is 11.8 Å². The summed E-state index contributed by atoms with van der Waals surface area (Å²) in [5, 5.41) is 19.6. The Hall–Kier alpha value is -1.63. The third kappa shape index (κ3) is 5.62. The number of aliphatic carboxylic acids is 2. The van der Waals surface area contributed by atoms with Crippen LogP contribution in [0.4, 0.5) is 0 Å². The van der Waals surface area contributed by atoms with Crippen LogP contribution in [0.3, 0.4) is 0 Å². The SMILES string of the molecule is CC(C)(C)C(C[C@H](N)C(=O)NCC(=O)O)C(=O)O. The third-order valence-corrected chi connectivity index (χ3v) is 2.58. The molecule has 5 N–H and O–H groups in total. The van der Waals surface area contributed by atoms with Gasteiger partial charge in [-0.3, -0.25) is 14.4 Å². The molecule has 104 valence electrons. The number of carboxylic acid groups (broad SMARTS) is 2. The highest BCUT2D eigenvalue weighted by atomic mass is 16.4. The molecule has 0 aliphatic rings. The lowest BCUT2D eigenvalue weighted by molar-refractivity contribution is -0.146. The van der Waals surface area contributed by atoms with E-state index < -0.39 is 41.8 Å². The van der Waals surface area contributed by atoms with Crippen molar-refractivity contribution < 1.29 is 24.6 Å². The van der Waals surface area contributed by atoms with Gasteiger partial charge >= 0.3 is 11.9 Å². The molecule has 7 heteroatoms. The van der Waals surface area contributed by atoms with E-state index in [0.29, 0.717) is 0 Å². The Kier molecular flexibility index (Phi) is 5.77. The van der Waals surface area contributed by atoms with Gasteiger partial charge in [0.25, 0.3) is 0 Å². The topological polar surface area (TPSA) is 130 Å². The van der Waals surface area contributed by atoms with Gasteiger partial charge in [0.1, 0.15) is 6.54 Å². The molecule has 0 spiro atoms. The van der Waals surface area contributed by atoms with Gasteiger partial charge in [0.05, 0.1) is 12.0 Å². The van der Waals surface area contributed by atoms with Crippen LogP contribution in [0.25, 0.3) is 0 Å². The Morgan fingerprint density at radius 1 is 1.22 bits per heavy atom. The summed E-state index contributed by atoms with van der Waals surface area (Å²) >= 11 is 0. The number of carbonyl (C=O) groups excluding carboxylic acids is 1. The van der Waals surface area contributed by atoms with Crippen LogP contribution in [0.5, 0.6) is 0 Å². The molecule has 0 bridgehead atoms. The molecular weight excluding hydrogens is 240 g/mol. The molecule has 0 aromatic carbocycles. The van der Waals surface area contributed by atoms with E-state index in [2.05, 4.69) is 5.32 Å². The summed E-state index contributed by atoms with van der Waals surface area (Å²) < 4.78 is 0. The van der Waals surface area contributed by atoms with E-state index in [1.807, 2.05) is 0 Å². The highest BCUT2D eigenvalue weighted by Crippen LogP contribution is 2.29. The van der Waals surface area contributed by atoms with E-state index in [1.165, 1.54) is 0 Å². The standard InChI is InChI=1S/C11H20N2O5/c1-11(2,3)6(10(17)18)4-7(12)9(16)13-5-8(14)15/h6-7H,4-5,12H2,1-3H3,(H,13,16)(H,14,15)(H,17,18)/t6?,7-/m0/s1. The number of nitrogens with one attached hydrogen (secondary N) is 1. The Bertz CT molecular complexity index is 335. The van der Waals surface area contributed by atoms with E-state index in [4.69, 9.17) is 15.9 Å². The fourth-order valence-corrected chi connectivity index (χ4v) is 1.48. The highest BCUT2D eigenvalue weighted by Gasteiger charge is 2.34. The Morgan fingerprint density at radius 3 is 2.06 bits per heavy atom. The van der Waals surface area contributed by atoms with E-state index in [1.54, 1.807) is 20.8 Å². The summed E-state index contributed by atoms with van der Waals surface area (Å²) in [5.74, 6) is -3.64. The molecule has 18 heavy (non-hydrogen) atoms. The van der Waals surface area contributed by atoms with Crippen molar-refractivity contribution in [3.05, 3.63) is 0 Å². The van der Waals surface area contributed by atoms with Crippen LogP contribution in [0.15, 0.2) is 0 Å². The van der Waals surface area contributed by atoms with Crippen molar-refractivity contribution in [1.29, 1.82) is 0 Å². The Morgan fingerprint density at radius 2 is 1.72 bits per heavy atom. The molecule has 0 aliphatic heterocycles. The van der Waals surface area contributed by atoms with Crippen molar-refractivity contribution in [2.45, 2.75) is 33.2 Å². The molecule has 1 amide bonds. The number of carbonyl (C=O) groups is 3. The van der Waals surface area contributed by atoms with Crippen LogP contribution < -0.4 is 11.1 Å². The summed E-state index contributed by atoms with van der Waals surface area (Å²) in [6, 6.07) is -1.04. The second kappa shape index (κ2) is 6.34. The normalized spacial score (nSPS) is 14.7. The van der Waals surface area contributed by atoms with Gasteiger partial charge in [-0.1, -0.05) is 20.8 Å². The summed E-state index contributed by atoms with van der Waals surface area (Å²) in [6.45, 7) is 4.70. The lowest BCUT2D eigenvalue weighted by Crippen LogP contribution is -2.46. The Balaban J connectivity index is 4.51. The maximum absolute atomic E-state index is 11.4. The minimum Gasteiger partial charge on any atom is -0.481 e. The van der Waals surface area contributed by atoms with Gasteiger partial charge in [0.2, 0.25) is 5.91 Å². The van der Waals surface area contributed by atoms with Crippen LogP contribution in [0.1, 0.15) is 27.2 Å². The van der Waals surface area contributed by atoms with Gasteiger partial charge in [-0.15, -0.1) is 0 Å².